The molecule has 0 saturated carbocycles. The molecule has 3 heterocycles. The molecule has 3 aromatic rings. The van der Waals surface area contributed by atoms with Crippen molar-refractivity contribution in [1.29, 1.82) is 0 Å². The lowest BCUT2D eigenvalue weighted by Crippen LogP contribution is -2.41. The first kappa shape index (κ1) is 21.6. The van der Waals surface area contributed by atoms with Crippen LogP contribution in [0.3, 0.4) is 0 Å². The molecule has 1 N–H and O–H groups in total. The number of fused-ring (bicyclic) bond motifs is 2. The number of phenolic OH excluding ortho intramolecular Hbond substituents is 1. The number of amides is 1. The van der Waals surface area contributed by atoms with Crippen LogP contribution in [0.5, 0.6) is 11.5 Å². The minimum atomic E-state index is -0.277. The van der Waals surface area contributed by atoms with E-state index in [0.717, 1.165) is 30.8 Å². The smallest absolute Gasteiger partial charge is 0.258 e. The van der Waals surface area contributed by atoms with Gasteiger partial charge in [-0.25, -0.2) is 4.39 Å². The van der Waals surface area contributed by atoms with E-state index in [0.29, 0.717) is 54.9 Å². The molecule has 0 spiro atoms. The van der Waals surface area contributed by atoms with E-state index >= 15 is 0 Å². The van der Waals surface area contributed by atoms with Gasteiger partial charge in [-0.1, -0.05) is 12.1 Å². The Labute approximate surface area is 191 Å². The van der Waals surface area contributed by atoms with Gasteiger partial charge in [-0.2, -0.15) is 0 Å². The van der Waals surface area contributed by atoms with Gasteiger partial charge in [0.05, 0.1) is 32.4 Å². The predicted octanol–water partition coefficient (Wildman–Crippen LogP) is 2.97. The third-order valence-electron chi connectivity index (χ3n) is 6.39. The fourth-order valence-corrected chi connectivity index (χ4v) is 4.64. The van der Waals surface area contributed by atoms with Crippen molar-refractivity contribution < 1.29 is 23.8 Å². The van der Waals surface area contributed by atoms with Gasteiger partial charge in [0.2, 0.25) is 0 Å². The number of morpholine rings is 1. The molecule has 0 bridgehead atoms. The second-order valence-corrected chi connectivity index (χ2v) is 8.46. The quantitative estimate of drug-likeness (QED) is 0.621. The Morgan fingerprint density at radius 3 is 2.64 bits per heavy atom. The molecular weight excluding hydrogens is 425 g/mol. The second-order valence-electron chi connectivity index (χ2n) is 8.46. The molecule has 5 rings (SSSR count). The van der Waals surface area contributed by atoms with Gasteiger partial charge in [0.1, 0.15) is 17.1 Å². The largest absolute Gasteiger partial charge is 0.505 e. The zero-order valence-corrected chi connectivity index (χ0v) is 18.5. The lowest BCUT2D eigenvalue weighted by atomic mass is 9.99. The van der Waals surface area contributed by atoms with Gasteiger partial charge in [0.25, 0.3) is 5.91 Å². The first-order chi connectivity index (χ1) is 16.0. The van der Waals surface area contributed by atoms with E-state index in [4.69, 9.17) is 9.47 Å². The summed E-state index contributed by atoms with van der Waals surface area (Å²) in [5, 5.41) is 11.6. The molecule has 2 aromatic carbocycles. The molecule has 0 atom stereocenters. The molecule has 0 aliphatic carbocycles. The minimum absolute atomic E-state index is 0.104. The Hall–Kier alpha value is -3.23. The van der Waals surface area contributed by atoms with E-state index in [9.17, 15) is 14.3 Å². The summed E-state index contributed by atoms with van der Waals surface area (Å²) in [5.41, 5.74) is 3.17. The number of rotatable bonds is 6. The number of phenols is 1. The maximum atomic E-state index is 13.2. The van der Waals surface area contributed by atoms with Crippen LogP contribution in [0, 0.1) is 5.82 Å². The molecule has 0 radical (unpaired) electrons. The van der Waals surface area contributed by atoms with Crippen LogP contribution in [0.25, 0.3) is 10.9 Å². The number of hydrogen-bond donors (Lipinski definition) is 1. The van der Waals surface area contributed by atoms with Crippen molar-refractivity contribution in [3.8, 4) is 11.5 Å². The van der Waals surface area contributed by atoms with Gasteiger partial charge in [0, 0.05) is 43.3 Å². The molecule has 33 heavy (non-hydrogen) atoms. The SMILES string of the molecule is COc1c2c(c(O)c3ncc(Cc4ccc(F)cc4)cc13)C(=O)N(CCN1CCOCC1)C2. The van der Waals surface area contributed by atoms with E-state index in [1.54, 1.807) is 30.3 Å². The van der Waals surface area contributed by atoms with E-state index in [1.165, 1.54) is 12.1 Å². The van der Waals surface area contributed by atoms with Gasteiger partial charge in [-0.3, -0.25) is 14.7 Å². The van der Waals surface area contributed by atoms with Crippen molar-refractivity contribution in [3.05, 3.63) is 64.6 Å². The molecule has 1 aromatic heterocycles. The van der Waals surface area contributed by atoms with Crippen LogP contribution in [0.2, 0.25) is 0 Å². The van der Waals surface area contributed by atoms with Crippen molar-refractivity contribution in [2.45, 2.75) is 13.0 Å². The Morgan fingerprint density at radius 1 is 1.15 bits per heavy atom. The molecule has 8 heteroatoms. The van der Waals surface area contributed by atoms with Gasteiger partial charge < -0.3 is 19.5 Å². The first-order valence-corrected chi connectivity index (χ1v) is 11.1. The zero-order valence-electron chi connectivity index (χ0n) is 18.5. The second kappa shape index (κ2) is 8.96. The number of aromatic hydroxyl groups is 1. The number of methoxy groups -OCH3 is 1. The Morgan fingerprint density at radius 2 is 1.91 bits per heavy atom. The number of benzene rings is 2. The Bertz CT molecular complexity index is 1190. The Balaban J connectivity index is 1.45. The number of nitrogens with zero attached hydrogens (tertiary/aromatic N) is 3. The predicted molar refractivity (Wildman–Crippen MR) is 121 cm³/mol. The van der Waals surface area contributed by atoms with Crippen molar-refractivity contribution in [2.75, 3.05) is 46.5 Å². The number of hydrogen-bond acceptors (Lipinski definition) is 6. The van der Waals surface area contributed by atoms with Crippen LogP contribution in [0.15, 0.2) is 36.5 Å². The normalized spacial score (nSPS) is 16.4. The number of pyridine rings is 1. The van der Waals surface area contributed by atoms with Crippen LogP contribution in [0.4, 0.5) is 4.39 Å². The lowest BCUT2D eigenvalue weighted by Gasteiger charge is -2.28. The monoisotopic (exact) mass is 451 g/mol. The summed E-state index contributed by atoms with van der Waals surface area (Å²) in [6.45, 7) is 4.83. The molecule has 0 unspecified atom stereocenters. The highest BCUT2D eigenvalue weighted by Crippen LogP contribution is 2.43. The molecule has 1 fully saturated rings. The fourth-order valence-electron chi connectivity index (χ4n) is 4.64. The number of aromatic nitrogens is 1. The van der Waals surface area contributed by atoms with Crippen molar-refractivity contribution >= 4 is 16.8 Å². The summed E-state index contributed by atoms with van der Waals surface area (Å²) in [5.74, 6) is -0.0185. The average molecular weight is 451 g/mol. The third-order valence-corrected chi connectivity index (χ3v) is 6.39. The summed E-state index contributed by atoms with van der Waals surface area (Å²) in [6.07, 6.45) is 2.24. The summed E-state index contributed by atoms with van der Waals surface area (Å²) in [4.78, 5) is 21.6. The molecule has 7 nitrogen and oxygen atoms in total. The van der Waals surface area contributed by atoms with Crippen LogP contribution in [-0.2, 0) is 17.7 Å². The van der Waals surface area contributed by atoms with E-state index < -0.39 is 0 Å². The molecule has 2 aliphatic rings. The highest BCUT2D eigenvalue weighted by Gasteiger charge is 2.35. The molecular formula is C25H26FN3O4. The molecule has 1 saturated heterocycles. The number of carbonyl (C=O) groups is 1. The van der Waals surface area contributed by atoms with Gasteiger partial charge >= 0.3 is 0 Å². The van der Waals surface area contributed by atoms with Crippen molar-refractivity contribution in [3.63, 3.8) is 0 Å². The van der Waals surface area contributed by atoms with Gasteiger partial charge in [-0.05, 0) is 35.7 Å². The highest BCUT2D eigenvalue weighted by molar-refractivity contribution is 6.08. The maximum Gasteiger partial charge on any atom is 0.258 e. The average Bonchev–Trinajstić information content (AvgIpc) is 3.16. The van der Waals surface area contributed by atoms with Gasteiger partial charge in [0.15, 0.2) is 5.75 Å². The van der Waals surface area contributed by atoms with E-state index in [2.05, 4.69) is 9.88 Å². The van der Waals surface area contributed by atoms with Crippen molar-refractivity contribution in [2.24, 2.45) is 0 Å². The summed E-state index contributed by atoms with van der Waals surface area (Å²) >= 11 is 0. The van der Waals surface area contributed by atoms with Gasteiger partial charge in [-0.15, -0.1) is 0 Å². The lowest BCUT2D eigenvalue weighted by molar-refractivity contribution is 0.0327. The van der Waals surface area contributed by atoms with Crippen LogP contribution in [-0.4, -0.2) is 72.3 Å². The summed E-state index contributed by atoms with van der Waals surface area (Å²) < 4.78 is 24.4. The number of ether oxygens (including phenoxy) is 2. The number of carbonyl (C=O) groups excluding carboxylic acids is 1. The van der Waals surface area contributed by atoms with Crippen LogP contribution in [0.1, 0.15) is 27.0 Å². The third kappa shape index (κ3) is 4.12. The van der Waals surface area contributed by atoms with Crippen molar-refractivity contribution in [1.82, 2.24) is 14.8 Å². The highest BCUT2D eigenvalue weighted by atomic mass is 19.1. The van der Waals surface area contributed by atoms with E-state index in [-0.39, 0.29) is 23.0 Å². The molecule has 1 amide bonds. The summed E-state index contributed by atoms with van der Waals surface area (Å²) in [6, 6.07) is 8.26. The maximum absolute atomic E-state index is 13.2. The first-order valence-electron chi connectivity index (χ1n) is 11.1. The summed E-state index contributed by atoms with van der Waals surface area (Å²) in [7, 11) is 1.57. The topological polar surface area (TPSA) is 75.1 Å². The minimum Gasteiger partial charge on any atom is -0.505 e. The standard InChI is InChI=1S/C25H26FN3O4/c1-32-24-19-13-17(12-16-2-4-18(26)5-3-16)14-27-22(19)23(30)21-20(24)15-29(25(21)31)7-6-28-8-10-33-11-9-28/h2-5,13-14,30H,6-12,15H2,1H3. The van der Waals surface area contributed by atoms with Crippen LogP contribution >= 0.6 is 0 Å². The van der Waals surface area contributed by atoms with Crippen LogP contribution < -0.4 is 4.74 Å². The Kier molecular flexibility index (Phi) is 5.86. The fraction of sp³-hybridized carbons (Fsp3) is 0.360. The number of halogens is 1. The molecule has 172 valence electrons. The zero-order chi connectivity index (χ0) is 22.9. The van der Waals surface area contributed by atoms with E-state index in [1.807, 2.05) is 6.07 Å². The molecule has 2 aliphatic heterocycles.